The number of nitrogens with two attached hydrogens (primary N) is 1. The van der Waals surface area contributed by atoms with Crippen LogP contribution in [-0.4, -0.2) is 17.1 Å². The lowest BCUT2D eigenvalue weighted by atomic mass is 9.85. The zero-order valence-electron chi connectivity index (χ0n) is 23.6. The highest BCUT2D eigenvalue weighted by Crippen LogP contribution is 2.42. The first-order valence-corrected chi connectivity index (χ1v) is 14.1. The average molecular weight is 552 g/mol. The van der Waals surface area contributed by atoms with Gasteiger partial charge in [-0.25, -0.2) is 10.8 Å². The lowest BCUT2D eigenvalue weighted by Gasteiger charge is -2.39. The van der Waals surface area contributed by atoms with Gasteiger partial charge in [0.25, 0.3) is 0 Å². The Kier molecular flexibility index (Phi) is 7.76. The molecule has 1 aliphatic heterocycles. The first-order valence-electron chi connectivity index (χ1n) is 14.1. The number of allylic oxidation sites excluding steroid dienone is 3. The van der Waals surface area contributed by atoms with E-state index in [1.54, 1.807) is 13.3 Å². The van der Waals surface area contributed by atoms with E-state index in [0.717, 1.165) is 70.2 Å². The molecule has 6 rings (SSSR count). The van der Waals surface area contributed by atoms with Gasteiger partial charge in [-0.3, -0.25) is 5.01 Å². The van der Waals surface area contributed by atoms with E-state index in [1.807, 2.05) is 41.4 Å². The number of rotatable bonds is 7. The fourth-order valence-corrected chi connectivity index (χ4v) is 5.33. The summed E-state index contributed by atoms with van der Waals surface area (Å²) in [5, 5.41) is 9.13. The third-order valence-corrected chi connectivity index (χ3v) is 7.70. The lowest BCUT2D eigenvalue weighted by Crippen LogP contribution is -2.44. The SMILES string of the molecule is C#Cc1ccc(NC2=C(c3ccc(OC)cc3)C(=C3CCC3)N(N)/C(=C(\Cc3ccccc3)c3ccccc3)N2)nc1. The minimum atomic E-state index is 0.676. The molecule has 4 aromatic rings. The van der Waals surface area contributed by atoms with Crippen LogP contribution in [0.25, 0.3) is 11.1 Å². The van der Waals surface area contributed by atoms with Crippen LogP contribution in [0.15, 0.2) is 126 Å². The molecule has 0 atom stereocenters. The van der Waals surface area contributed by atoms with E-state index in [2.05, 4.69) is 82.2 Å². The molecule has 0 radical (unpaired) electrons. The molecule has 0 amide bonds. The predicted octanol–water partition coefficient (Wildman–Crippen LogP) is 6.68. The van der Waals surface area contributed by atoms with E-state index >= 15 is 0 Å². The van der Waals surface area contributed by atoms with Crippen molar-refractivity contribution in [1.82, 2.24) is 15.3 Å². The molecule has 1 fully saturated rings. The molecule has 208 valence electrons. The minimum Gasteiger partial charge on any atom is -0.497 e. The van der Waals surface area contributed by atoms with Crippen molar-refractivity contribution >= 4 is 17.0 Å². The minimum absolute atomic E-state index is 0.676. The van der Waals surface area contributed by atoms with Crippen molar-refractivity contribution in [3.8, 4) is 18.1 Å². The molecular formula is C36H33N5O. The monoisotopic (exact) mass is 551 g/mol. The molecule has 0 saturated heterocycles. The molecule has 0 unspecified atom stereocenters. The molecular weight excluding hydrogens is 518 g/mol. The Morgan fingerprint density at radius 3 is 2.29 bits per heavy atom. The van der Waals surface area contributed by atoms with Gasteiger partial charge >= 0.3 is 0 Å². The molecule has 3 aromatic carbocycles. The smallest absolute Gasteiger partial charge is 0.131 e. The summed E-state index contributed by atoms with van der Waals surface area (Å²) >= 11 is 0. The van der Waals surface area contributed by atoms with Gasteiger partial charge in [0, 0.05) is 29.3 Å². The van der Waals surface area contributed by atoms with E-state index in [4.69, 9.17) is 17.0 Å². The molecule has 0 bridgehead atoms. The summed E-state index contributed by atoms with van der Waals surface area (Å²) in [5.41, 5.74) is 8.43. The van der Waals surface area contributed by atoms with Crippen molar-refractivity contribution in [3.63, 3.8) is 0 Å². The zero-order valence-corrected chi connectivity index (χ0v) is 23.6. The van der Waals surface area contributed by atoms with Crippen LogP contribution < -0.4 is 21.2 Å². The van der Waals surface area contributed by atoms with Crippen LogP contribution in [0.5, 0.6) is 5.75 Å². The van der Waals surface area contributed by atoms with Gasteiger partial charge in [-0.1, -0.05) is 78.7 Å². The van der Waals surface area contributed by atoms with E-state index in [-0.39, 0.29) is 0 Å². The molecule has 6 heteroatoms. The van der Waals surface area contributed by atoms with Gasteiger partial charge in [-0.15, -0.1) is 6.42 Å². The highest BCUT2D eigenvalue weighted by molar-refractivity contribution is 5.87. The Bertz CT molecular complexity index is 1690. The van der Waals surface area contributed by atoms with Gasteiger partial charge < -0.3 is 15.4 Å². The second-order valence-corrected chi connectivity index (χ2v) is 10.3. The number of nitrogens with zero attached hydrogens (tertiary/aromatic N) is 2. The molecule has 1 aliphatic carbocycles. The summed E-state index contributed by atoms with van der Waals surface area (Å²) in [4.78, 5) is 4.59. The summed E-state index contributed by atoms with van der Waals surface area (Å²) in [5.74, 6) is 12.9. The molecule has 4 N–H and O–H groups in total. The standard InChI is InChI=1S/C36H33N5O/c1-3-25-17-22-32(38-24-25)39-35-33(28-18-20-30(42-2)21-19-28)34(29-15-10-16-29)41(37)36(40-35)31(27-13-8-5-9-14-27)23-26-11-6-4-7-12-26/h1,4-9,11-14,17-22,24,40H,10,15-16,23,37H2,2H3,(H,38,39)/b36-31+. The van der Waals surface area contributed by atoms with E-state index in [0.29, 0.717) is 12.2 Å². The maximum Gasteiger partial charge on any atom is 0.131 e. The molecule has 2 heterocycles. The highest BCUT2D eigenvalue weighted by atomic mass is 16.5. The largest absolute Gasteiger partial charge is 0.497 e. The Morgan fingerprint density at radius 2 is 1.69 bits per heavy atom. The van der Waals surface area contributed by atoms with Crippen LogP contribution in [0, 0.1) is 12.3 Å². The summed E-state index contributed by atoms with van der Waals surface area (Å²) in [7, 11) is 1.67. The van der Waals surface area contributed by atoms with Gasteiger partial charge in [-0.2, -0.15) is 0 Å². The number of hydrogen-bond acceptors (Lipinski definition) is 6. The molecule has 0 spiro atoms. The van der Waals surface area contributed by atoms with E-state index in [9.17, 15) is 0 Å². The fourth-order valence-electron chi connectivity index (χ4n) is 5.33. The van der Waals surface area contributed by atoms with Gasteiger partial charge in [0.15, 0.2) is 0 Å². The first kappa shape index (κ1) is 26.9. The lowest BCUT2D eigenvalue weighted by molar-refractivity contribution is 0.410. The summed E-state index contributed by atoms with van der Waals surface area (Å²) in [6.45, 7) is 0. The van der Waals surface area contributed by atoms with E-state index in [1.165, 1.54) is 11.1 Å². The highest BCUT2D eigenvalue weighted by Gasteiger charge is 2.33. The molecule has 6 nitrogen and oxygen atoms in total. The fraction of sp³-hybridized carbons (Fsp3) is 0.139. The number of pyridine rings is 1. The van der Waals surface area contributed by atoms with Gasteiger partial charge in [0.05, 0.1) is 12.8 Å². The number of benzene rings is 3. The van der Waals surface area contributed by atoms with Crippen LogP contribution in [-0.2, 0) is 6.42 Å². The molecule has 1 aromatic heterocycles. The summed E-state index contributed by atoms with van der Waals surface area (Å²) in [6.07, 6.45) is 11.1. The van der Waals surface area contributed by atoms with Gasteiger partial charge in [0.1, 0.15) is 23.2 Å². The maximum atomic E-state index is 7.13. The Labute approximate surface area is 247 Å². The normalized spacial score (nSPS) is 15.9. The number of hydrazine groups is 1. The third-order valence-electron chi connectivity index (χ3n) is 7.70. The van der Waals surface area contributed by atoms with Crippen molar-refractivity contribution in [3.05, 3.63) is 148 Å². The van der Waals surface area contributed by atoms with Crippen LogP contribution in [0.2, 0.25) is 0 Å². The number of ether oxygens (including phenoxy) is 1. The topological polar surface area (TPSA) is 75.4 Å². The number of terminal acetylenes is 1. The number of hydrogen-bond donors (Lipinski definition) is 3. The van der Waals surface area contributed by atoms with Gasteiger partial charge in [0.2, 0.25) is 0 Å². The van der Waals surface area contributed by atoms with Crippen molar-refractivity contribution in [2.45, 2.75) is 25.7 Å². The van der Waals surface area contributed by atoms with Crippen LogP contribution in [0.1, 0.15) is 41.5 Å². The summed E-state index contributed by atoms with van der Waals surface area (Å²) < 4.78 is 5.45. The zero-order chi connectivity index (χ0) is 28.9. The predicted molar refractivity (Wildman–Crippen MR) is 169 cm³/mol. The summed E-state index contributed by atoms with van der Waals surface area (Å²) in [6, 6.07) is 32.7. The van der Waals surface area contributed by atoms with Crippen LogP contribution in [0.3, 0.4) is 0 Å². The second-order valence-electron chi connectivity index (χ2n) is 10.3. The van der Waals surface area contributed by atoms with Crippen molar-refractivity contribution in [2.75, 3.05) is 12.4 Å². The Hall–Kier alpha value is -5.25. The van der Waals surface area contributed by atoms with Crippen molar-refractivity contribution in [2.24, 2.45) is 5.84 Å². The Balaban J connectivity index is 1.57. The number of methoxy groups -OCH3 is 1. The molecule has 42 heavy (non-hydrogen) atoms. The van der Waals surface area contributed by atoms with Crippen molar-refractivity contribution < 1.29 is 4.74 Å². The van der Waals surface area contributed by atoms with Gasteiger partial charge in [-0.05, 0) is 65.8 Å². The molecule has 1 saturated carbocycles. The van der Waals surface area contributed by atoms with E-state index < -0.39 is 0 Å². The Morgan fingerprint density at radius 1 is 0.976 bits per heavy atom. The maximum absolute atomic E-state index is 7.13. The molecule has 2 aliphatic rings. The number of anilines is 1. The quantitative estimate of drug-likeness (QED) is 0.176. The van der Waals surface area contributed by atoms with Crippen LogP contribution in [0.4, 0.5) is 5.82 Å². The average Bonchev–Trinajstić information content (AvgIpc) is 3.02. The third kappa shape index (κ3) is 5.51. The van der Waals surface area contributed by atoms with Crippen molar-refractivity contribution in [1.29, 1.82) is 0 Å². The first-order chi connectivity index (χ1) is 20.6. The number of nitrogens with one attached hydrogen (secondary N) is 2. The van der Waals surface area contributed by atoms with Crippen LogP contribution >= 0.6 is 0 Å². The number of aromatic nitrogens is 1. The second kappa shape index (κ2) is 12.1.